The van der Waals surface area contributed by atoms with E-state index >= 15 is 0 Å². The number of hydrogen-bond acceptors (Lipinski definition) is 4. The number of rotatable bonds is 6. The summed E-state index contributed by atoms with van der Waals surface area (Å²) in [7, 11) is 0. The Bertz CT molecular complexity index is 478. The summed E-state index contributed by atoms with van der Waals surface area (Å²) in [5.74, 6) is 0.0301. The van der Waals surface area contributed by atoms with Crippen LogP contribution in [0.15, 0.2) is 0 Å². The summed E-state index contributed by atoms with van der Waals surface area (Å²) in [5, 5.41) is 10.9. The SMILES string of the molecule is CCNCc1c(C)nn(CC(=O)NC2CCOCC2)c1C. The minimum Gasteiger partial charge on any atom is -0.381 e. The zero-order valence-electron chi connectivity index (χ0n) is 13.2. The molecule has 0 aliphatic carbocycles. The Balaban J connectivity index is 1.93. The smallest absolute Gasteiger partial charge is 0.241 e. The number of amides is 1. The summed E-state index contributed by atoms with van der Waals surface area (Å²) in [4.78, 5) is 12.1. The van der Waals surface area contributed by atoms with E-state index < -0.39 is 0 Å². The van der Waals surface area contributed by atoms with Gasteiger partial charge in [-0.25, -0.2) is 0 Å². The number of carbonyl (C=O) groups is 1. The first kappa shape index (κ1) is 16.0. The molecule has 1 aliphatic rings. The average Bonchev–Trinajstić information content (AvgIpc) is 2.72. The molecule has 2 heterocycles. The van der Waals surface area contributed by atoms with Crippen molar-refractivity contribution >= 4 is 5.91 Å². The number of hydrogen-bond donors (Lipinski definition) is 2. The molecule has 2 N–H and O–H groups in total. The van der Waals surface area contributed by atoms with Crippen LogP contribution in [-0.4, -0.2) is 41.5 Å². The van der Waals surface area contributed by atoms with Crippen molar-refractivity contribution in [3.63, 3.8) is 0 Å². The fourth-order valence-electron chi connectivity index (χ4n) is 2.65. The van der Waals surface area contributed by atoms with E-state index in [-0.39, 0.29) is 18.5 Å². The van der Waals surface area contributed by atoms with Gasteiger partial charge in [0.05, 0.1) is 5.69 Å². The van der Waals surface area contributed by atoms with Crippen molar-refractivity contribution in [1.82, 2.24) is 20.4 Å². The Morgan fingerprint density at radius 3 is 2.76 bits per heavy atom. The quantitative estimate of drug-likeness (QED) is 0.818. The lowest BCUT2D eigenvalue weighted by Gasteiger charge is -2.23. The van der Waals surface area contributed by atoms with Gasteiger partial charge in [0.1, 0.15) is 6.54 Å². The van der Waals surface area contributed by atoms with E-state index in [2.05, 4.69) is 22.7 Å². The molecule has 118 valence electrons. The molecule has 0 aromatic carbocycles. The standard InChI is InChI=1S/C15H26N4O2/c1-4-16-9-14-11(2)18-19(12(14)3)10-15(20)17-13-5-7-21-8-6-13/h13,16H,4-10H2,1-3H3,(H,17,20). The number of aryl methyl sites for hydroxylation is 1. The summed E-state index contributed by atoms with van der Waals surface area (Å²) in [6.45, 7) is 9.58. The molecule has 6 heteroatoms. The highest BCUT2D eigenvalue weighted by molar-refractivity contribution is 5.76. The van der Waals surface area contributed by atoms with E-state index in [0.717, 1.165) is 50.5 Å². The highest BCUT2D eigenvalue weighted by atomic mass is 16.5. The fourth-order valence-corrected chi connectivity index (χ4v) is 2.65. The molecule has 2 rings (SSSR count). The van der Waals surface area contributed by atoms with Gasteiger partial charge in [-0.2, -0.15) is 5.10 Å². The third-order valence-electron chi connectivity index (χ3n) is 3.96. The highest BCUT2D eigenvalue weighted by Crippen LogP contribution is 2.13. The highest BCUT2D eigenvalue weighted by Gasteiger charge is 2.18. The van der Waals surface area contributed by atoms with E-state index in [1.54, 1.807) is 4.68 Å². The molecule has 0 unspecified atom stereocenters. The predicted molar refractivity (Wildman–Crippen MR) is 81.1 cm³/mol. The predicted octanol–water partition coefficient (Wildman–Crippen LogP) is 0.905. The molecule has 0 spiro atoms. The lowest BCUT2D eigenvalue weighted by molar-refractivity contribution is -0.123. The molecule has 21 heavy (non-hydrogen) atoms. The molecule has 1 aromatic heterocycles. The van der Waals surface area contributed by atoms with E-state index in [0.29, 0.717) is 0 Å². The van der Waals surface area contributed by atoms with Crippen LogP contribution in [0.5, 0.6) is 0 Å². The molecule has 1 amide bonds. The molecule has 6 nitrogen and oxygen atoms in total. The van der Waals surface area contributed by atoms with Crippen LogP contribution < -0.4 is 10.6 Å². The Morgan fingerprint density at radius 1 is 1.38 bits per heavy atom. The summed E-state index contributed by atoms with van der Waals surface area (Å²) < 4.78 is 7.10. The molecule has 0 saturated carbocycles. The first-order valence-electron chi connectivity index (χ1n) is 7.72. The Kier molecular flexibility index (Phi) is 5.76. The molecule has 0 atom stereocenters. The number of nitrogens with one attached hydrogen (secondary N) is 2. The zero-order chi connectivity index (χ0) is 15.2. The maximum Gasteiger partial charge on any atom is 0.241 e. The van der Waals surface area contributed by atoms with Gasteiger partial charge in [0.25, 0.3) is 0 Å². The molecule has 1 saturated heterocycles. The molecule has 1 fully saturated rings. The second-order valence-electron chi connectivity index (χ2n) is 5.54. The lowest BCUT2D eigenvalue weighted by Crippen LogP contribution is -2.40. The molecule has 1 aliphatic heterocycles. The van der Waals surface area contributed by atoms with Crippen LogP contribution in [0.25, 0.3) is 0 Å². The van der Waals surface area contributed by atoms with Crippen LogP contribution in [-0.2, 0) is 22.6 Å². The third-order valence-corrected chi connectivity index (χ3v) is 3.96. The average molecular weight is 294 g/mol. The molecule has 0 bridgehead atoms. The largest absolute Gasteiger partial charge is 0.381 e. The molecular weight excluding hydrogens is 268 g/mol. The second-order valence-corrected chi connectivity index (χ2v) is 5.54. The Morgan fingerprint density at radius 2 is 2.10 bits per heavy atom. The van der Waals surface area contributed by atoms with Crippen LogP contribution in [0.2, 0.25) is 0 Å². The Hall–Kier alpha value is -1.40. The van der Waals surface area contributed by atoms with Crippen LogP contribution >= 0.6 is 0 Å². The van der Waals surface area contributed by atoms with Gasteiger partial charge < -0.3 is 15.4 Å². The minimum absolute atomic E-state index is 0.0301. The van der Waals surface area contributed by atoms with Crippen molar-refractivity contribution in [2.75, 3.05) is 19.8 Å². The van der Waals surface area contributed by atoms with Crippen molar-refractivity contribution in [3.05, 3.63) is 17.0 Å². The van der Waals surface area contributed by atoms with Gasteiger partial charge in [0.15, 0.2) is 0 Å². The number of nitrogens with zero attached hydrogens (tertiary/aromatic N) is 2. The molecular formula is C15H26N4O2. The number of aromatic nitrogens is 2. The van der Waals surface area contributed by atoms with Gasteiger partial charge in [-0.15, -0.1) is 0 Å². The number of carbonyl (C=O) groups excluding carboxylic acids is 1. The van der Waals surface area contributed by atoms with Crippen LogP contribution in [0.4, 0.5) is 0 Å². The van der Waals surface area contributed by atoms with E-state index in [1.165, 1.54) is 5.56 Å². The fraction of sp³-hybridized carbons (Fsp3) is 0.733. The van der Waals surface area contributed by atoms with Crippen molar-refractivity contribution in [2.45, 2.75) is 52.7 Å². The van der Waals surface area contributed by atoms with Crippen molar-refractivity contribution in [2.24, 2.45) is 0 Å². The first-order valence-corrected chi connectivity index (χ1v) is 7.72. The van der Waals surface area contributed by atoms with Gasteiger partial charge in [-0.05, 0) is 33.2 Å². The minimum atomic E-state index is 0.0301. The van der Waals surface area contributed by atoms with Crippen molar-refractivity contribution in [1.29, 1.82) is 0 Å². The summed E-state index contributed by atoms with van der Waals surface area (Å²) in [5.41, 5.74) is 3.25. The van der Waals surface area contributed by atoms with Crippen LogP contribution in [0.1, 0.15) is 36.7 Å². The van der Waals surface area contributed by atoms with Crippen molar-refractivity contribution in [3.8, 4) is 0 Å². The van der Waals surface area contributed by atoms with Gasteiger partial charge in [0, 0.05) is 37.1 Å². The maximum atomic E-state index is 12.1. The second kappa shape index (κ2) is 7.56. The summed E-state index contributed by atoms with van der Waals surface area (Å²) in [6, 6.07) is 0.240. The summed E-state index contributed by atoms with van der Waals surface area (Å²) in [6.07, 6.45) is 1.79. The van der Waals surface area contributed by atoms with Crippen LogP contribution in [0.3, 0.4) is 0 Å². The monoisotopic (exact) mass is 294 g/mol. The summed E-state index contributed by atoms with van der Waals surface area (Å²) >= 11 is 0. The first-order chi connectivity index (χ1) is 10.1. The lowest BCUT2D eigenvalue weighted by atomic mass is 10.1. The van der Waals surface area contributed by atoms with Gasteiger partial charge >= 0.3 is 0 Å². The van der Waals surface area contributed by atoms with E-state index in [9.17, 15) is 4.79 Å². The third kappa shape index (κ3) is 4.28. The zero-order valence-corrected chi connectivity index (χ0v) is 13.2. The van der Waals surface area contributed by atoms with Crippen LogP contribution in [0, 0.1) is 13.8 Å². The van der Waals surface area contributed by atoms with E-state index in [4.69, 9.17) is 4.74 Å². The molecule has 0 radical (unpaired) electrons. The van der Waals surface area contributed by atoms with Gasteiger partial charge in [0.2, 0.25) is 5.91 Å². The maximum absolute atomic E-state index is 12.1. The molecule has 1 aromatic rings. The topological polar surface area (TPSA) is 68.2 Å². The van der Waals surface area contributed by atoms with E-state index in [1.807, 2.05) is 13.8 Å². The van der Waals surface area contributed by atoms with Gasteiger partial charge in [-0.3, -0.25) is 9.48 Å². The van der Waals surface area contributed by atoms with Gasteiger partial charge in [-0.1, -0.05) is 6.92 Å². The normalized spacial score (nSPS) is 16.1. The number of ether oxygens (including phenoxy) is 1. The Labute approximate surface area is 126 Å². The van der Waals surface area contributed by atoms with Crippen molar-refractivity contribution < 1.29 is 9.53 Å².